The normalized spacial score (nSPS) is 13.6. The van der Waals surface area contributed by atoms with Gasteiger partial charge in [0.05, 0.1) is 18.5 Å². The van der Waals surface area contributed by atoms with Crippen LogP contribution in [0.15, 0.2) is 18.3 Å². The third kappa shape index (κ3) is 4.62. The summed E-state index contributed by atoms with van der Waals surface area (Å²) in [5.74, 6) is 0.814. The van der Waals surface area contributed by atoms with Crippen molar-refractivity contribution in [1.29, 1.82) is 0 Å². The lowest BCUT2D eigenvalue weighted by Gasteiger charge is -2.18. The van der Waals surface area contributed by atoms with Crippen molar-refractivity contribution in [2.45, 2.75) is 40.2 Å². The number of rotatable bonds is 4. The molecule has 0 saturated heterocycles. The summed E-state index contributed by atoms with van der Waals surface area (Å²) in [6.07, 6.45) is 2.77. The summed E-state index contributed by atoms with van der Waals surface area (Å²) in [5, 5.41) is 0. The van der Waals surface area contributed by atoms with Gasteiger partial charge in [-0.3, -0.25) is 4.98 Å². The number of aromatic nitrogens is 1. The molecule has 0 aromatic carbocycles. The second kappa shape index (κ2) is 5.30. The Kier molecular flexibility index (Phi) is 4.30. The van der Waals surface area contributed by atoms with Gasteiger partial charge in [0, 0.05) is 6.04 Å². The molecule has 0 bridgehead atoms. The van der Waals surface area contributed by atoms with Gasteiger partial charge in [-0.05, 0) is 30.9 Å². The summed E-state index contributed by atoms with van der Waals surface area (Å²) < 4.78 is 5.61. The Morgan fingerprint density at radius 1 is 1.38 bits per heavy atom. The van der Waals surface area contributed by atoms with Crippen molar-refractivity contribution < 1.29 is 4.74 Å². The summed E-state index contributed by atoms with van der Waals surface area (Å²) in [4.78, 5) is 4.24. The van der Waals surface area contributed by atoms with E-state index in [4.69, 9.17) is 10.5 Å². The largest absolute Gasteiger partial charge is 0.492 e. The molecule has 0 aliphatic carbocycles. The smallest absolute Gasteiger partial charge is 0.137 e. The SMILES string of the molecule is C[C@H](N)c1ccc(OCCC(C)(C)C)cn1. The van der Waals surface area contributed by atoms with Gasteiger partial charge in [0.1, 0.15) is 5.75 Å². The standard InChI is InChI=1S/C13H22N2O/c1-10(14)12-6-5-11(9-15-12)16-8-7-13(2,3)4/h5-6,9-10H,7-8,14H2,1-4H3/t10-/m0/s1. The topological polar surface area (TPSA) is 48.1 Å². The predicted molar refractivity (Wildman–Crippen MR) is 66.4 cm³/mol. The van der Waals surface area contributed by atoms with E-state index in [1.54, 1.807) is 6.20 Å². The highest BCUT2D eigenvalue weighted by Crippen LogP contribution is 2.19. The summed E-state index contributed by atoms with van der Waals surface area (Å²) in [6, 6.07) is 3.81. The van der Waals surface area contributed by atoms with Crippen LogP contribution in [-0.4, -0.2) is 11.6 Å². The van der Waals surface area contributed by atoms with Crippen LogP contribution in [0.25, 0.3) is 0 Å². The molecule has 0 aliphatic heterocycles. The first-order valence-corrected chi connectivity index (χ1v) is 5.73. The number of hydrogen-bond acceptors (Lipinski definition) is 3. The average molecular weight is 222 g/mol. The summed E-state index contributed by atoms with van der Waals surface area (Å²) >= 11 is 0. The molecule has 0 amide bonds. The second-order valence-corrected chi connectivity index (χ2v) is 5.37. The maximum absolute atomic E-state index is 5.72. The highest BCUT2D eigenvalue weighted by Gasteiger charge is 2.10. The first-order valence-electron chi connectivity index (χ1n) is 5.73. The summed E-state index contributed by atoms with van der Waals surface area (Å²) in [7, 11) is 0. The molecular weight excluding hydrogens is 200 g/mol. The number of hydrogen-bond donors (Lipinski definition) is 1. The van der Waals surface area contributed by atoms with Gasteiger partial charge in [0.25, 0.3) is 0 Å². The zero-order valence-electron chi connectivity index (χ0n) is 10.7. The van der Waals surface area contributed by atoms with E-state index in [1.807, 2.05) is 19.1 Å². The molecule has 0 unspecified atom stereocenters. The highest BCUT2D eigenvalue weighted by atomic mass is 16.5. The van der Waals surface area contributed by atoms with E-state index in [0.29, 0.717) is 5.41 Å². The molecule has 1 aromatic rings. The molecule has 0 spiro atoms. The van der Waals surface area contributed by atoms with Crippen LogP contribution >= 0.6 is 0 Å². The Labute approximate surface area is 98.0 Å². The maximum atomic E-state index is 5.72. The van der Waals surface area contributed by atoms with Gasteiger partial charge in [0.15, 0.2) is 0 Å². The Morgan fingerprint density at radius 3 is 2.50 bits per heavy atom. The first kappa shape index (κ1) is 13.0. The third-order valence-corrected chi connectivity index (χ3v) is 2.35. The van der Waals surface area contributed by atoms with Crippen LogP contribution in [0, 0.1) is 5.41 Å². The number of ether oxygens (including phenoxy) is 1. The number of nitrogens with two attached hydrogens (primary N) is 1. The Balaban J connectivity index is 2.44. The van der Waals surface area contributed by atoms with E-state index in [2.05, 4.69) is 25.8 Å². The van der Waals surface area contributed by atoms with E-state index >= 15 is 0 Å². The number of nitrogens with zero attached hydrogens (tertiary/aromatic N) is 1. The molecule has 1 heterocycles. The molecule has 0 saturated carbocycles. The Morgan fingerprint density at radius 2 is 2.06 bits per heavy atom. The van der Waals surface area contributed by atoms with Gasteiger partial charge in [-0.1, -0.05) is 20.8 Å². The lowest BCUT2D eigenvalue weighted by atomic mass is 9.93. The van der Waals surface area contributed by atoms with Crippen molar-refractivity contribution in [2.75, 3.05) is 6.61 Å². The average Bonchev–Trinajstić information content (AvgIpc) is 2.16. The fourth-order valence-electron chi connectivity index (χ4n) is 1.22. The Hall–Kier alpha value is -1.09. The fourth-order valence-corrected chi connectivity index (χ4v) is 1.22. The van der Waals surface area contributed by atoms with Gasteiger partial charge in [-0.25, -0.2) is 0 Å². The Bertz CT molecular complexity index is 312. The lowest BCUT2D eigenvalue weighted by Crippen LogP contribution is -2.11. The molecular formula is C13H22N2O. The van der Waals surface area contributed by atoms with Crippen LogP contribution in [0.2, 0.25) is 0 Å². The van der Waals surface area contributed by atoms with E-state index in [0.717, 1.165) is 24.5 Å². The zero-order valence-corrected chi connectivity index (χ0v) is 10.7. The summed E-state index contributed by atoms with van der Waals surface area (Å²) in [5.41, 5.74) is 6.91. The molecule has 1 atom stereocenters. The van der Waals surface area contributed by atoms with Crippen molar-refractivity contribution in [3.8, 4) is 5.75 Å². The number of pyridine rings is 1. The van der Waals surface area contributed by atoms with Crippen LogP contribution in [0.3, 0.4) is 0 Å². The molecule has 3 heteroatoms. The molecule has 90 valence electrons. The fraction of sp³-hybridized carbons (Fsp3) is 0.615. The monoisotopic (exact) mass is 222 g/mol. The van der Waals surface area contributed by atoms with E-state index in [-0.39, 0.29) is 6.04 Å². The molecule has 0 fully saturated rings. The van der Waals surface area contributed by atoms with Crippen molar-refractivity contribution in [1.82, 2.24) is 4.98 Å². The van der Waals surface area contributed by atoms with Crippen molar-refractivity contribution >= 4 is 0 Å². The van der Waals surface area contributed by atoms with Crippen molar-refractivity contribution in [2.24, 2.45) is 11.1 Å². The molecule has 1 aromatic heterocycles. The predicted octanol–water partition coefficient (Wildman–Crippen LogP) is 2.92. The van der Waals surface area contributed by atoms with Crippen LogP contribution < -0.4 is 10.5 Å². The minimum absolute atomic E-state index is 0.0244. The molecule has 0 aliphatic rings. The van der Waals surface area contributed by atoms with Gasteiger partial charge < -0.3 is 10.5 Å². The summed E-state index contributed by atoms with van der Waals surface area (Å²) in [6.45, 7) is 9.25. The minimum Gasteiger partial charge on any atom is -0.492 e. The quantitative estimate of drug-likeness (QED) is 0.852. The minimum atomic E-state index is -0.0244. The molecule has 1 rings (SSSR count). The van der Waals surface area contributed by atoms with Gasteiger partial charge in [-0.2, -0.15) is 0 Å². The lowest BCUT2D eigenvalue weighted by molar-refractivity contribution is 0.242. The third-order valence-electron chi connectivity index (χ3n) is 2.35. The van der Waals surface area contributed by atoms with Gasteiger partial charge >= 0.3 is 0 Å². The van der Waals surface area contributed by atoms with Gasteiger partial charge in [-0.15, -0.1) is 0 Å². The molecule has 16 heavy (non-hydrogen) atoms. The van der Waals surface area contributed by atoms with Crippen LogP contribution in [0.1, 0.15) is 45.9 Å². The van der Waals surface area contributed by atoms with E-state index in [9.17, 15) is 0 Å². The second-order valence-electron chi connectivity index (χ2n) is 5.37. The maximum Gasteiger partial charge on any atom is 0.137 e. The zero-order chi connectivity index (χ0) is 12.2. The van der Waals surface area contributed by atoms with Crippen LogP contribution in [0.4, 0.5) is 0 Å². The van der Waals surface area contributed by atoms with Crippen molar-refractivity contribution in [3.05, 3.63) is 24.0 Å². The molecule has 0 radical (unpaired) electrons. The highest BCUT2D eigenvalue weighted by molar-refractivity contribution is 5.21. The van der Waals surface area contributed by atoms with E-state index < -0.39 is 0 Å². The van der Waals surface area contributed by atoms with E-state index in [1.165, 1.54) is 0 Å². The van der Waals surface area contributed by atoms with Crippen LogP contribution in [0.5, 0.6) is 5.75 Å². The van der Waals surface area contributed by atoms with Crippen LogP contribution in [-0.2, 0) is 0 Å². The van der Waals surface area contributed by atoms with Gasteiger partial charge in [0.2, 0.25) is 0 Å². The first-order chi connectivity index (χ1) is 7.38. The molecule has 2 N–H and O–H groups in total. The molecule has 3 nitrogen and oxygen atoms in total. The van der Waals surface area contributed by atoms with Crippen molar-refractivity contribution in [3.63, 3.8) is 0 Å².